The Labute approximate surface area is 190 Å². The molecule has 2 heterocycles. The van der Waals surface area contributed by atoms with Gasteiger partial charge in [-0.3, -0.25) is 14.5 Å². The van der Waals surface area contributed by atoms with Crippen molar-refractivity contribution in [2.24, 2.45) is 0 Å². The summed E-state index contributed by atoms with van der Waals surface area (Å²) in [6, 6.07) is 15.9. The second kappa shape index (κ2) is 9.57. The summed E-state index contributed by atoms with van der Waals surface area (Å²) in [6.45, 7) is 11.9. The van der Waals surface area contributed by atoms with E-state index in [2.05, 4.69) is 34.2 Å². The van der Waals surface area contributed by atoms with Gasteiger partial charge in [-0.25, -0.2) is 0 Å². The highest BCUT2D eigenvalue weighted by Crippen LogP contribution is 2.31. The Hall–Kier alpha value is -3.12. The largest absolute Gasteiger partial charge is 0.369 e. The van der Waals surface area contributed by atoms with E-state index in [4.69, 9.17) is 0 Å². The van der Waals surface area contributed by atoms with Gasteiger partial charge in [-0.05, 0) is 49.7 Å². The Balaban J connectivity index is 1.58. The van der Waals surface area contributed by atoms with Crippen LogP contribution < -0.4 is 10.2 Å². The third kappa shape index (κ3) is 4.41. The van der Waals surface area contributed by atoms with E-state index in [1.807, 2.05) is 50.2 Å². The van der Waals surface area contributed by atoms with E-state index in [1.165, 1.54) is 10.6 Å². The first-order valence-corrected chi connectivity index (χ1v) is 11.5. The molecule has 0 saturated carbocycles. The lowest BCUT2D eigenvalue weighted by atomic mass is 10.0. The molecule has 2 aromatic carbocycles. The number of aryl methyl sites for hydroxylation is 1. The monoisotopic (exact) mass is 432 g/mol. The van der Waals surface area contributed by atoms with Gasteiger partial charge in [-0.1, -0.05) is 43.7 Å². The smallest absolute Gasteiger partial charge is 0.278 e. The van der Waals surface area contributed by atoms with E-state index in [-0.39, 0.29) is 11.8 Å². The average Bonchev–Trinajstić information content (AvgIpc) is 3.05. The van der Waals surface area contributed by atoms with Crippen molar-refractivity contribution in [3.63, 3.8) is 0 Å². The van der Waals surface area contributed by atoms with Crippen LogP contribution in [0, 0.1) is 6.92 Å². The highest BCUT2D eigenvalue weighted by molar-refractivity contribution is 6.36. The summed E-state index contributed by atoms with van der Waals surface area (Å²) >= 11 is 0. The van der Waals surface area contributed by atoms with E-state index in [1.54, 1.807) is 0 Å². The van der Waals surface area contributed by atoms with Gasteiger partial charge in [-0.15, -0.1) is 0 Å². The van der Waals surface area contributed by atoms with E-state index in [9.17, 15) is 9.59 Å². The second-order valence-corrected chi connectivity index (χ2v) is 8.47. The summed E-state index contributed by atoms with van der Waals surface area (Å²) in [7, 11) is 0. The molecule has 32 heavy (non-hydrogen) atoms. The van der Waals surface area contributed by atoms with Gasteiger partial charge in [0.1, 0.15) is 5.70 Å². The predicted molar refractivity (Wildman–Crippen MR) is 130 cm³/mol. The van der Waals surface area contributed by atoms with Crippen LogP contribution >= 0.6 is 0 Å². The molecule has 168 valence electrons. The standard InChI is InChI=1S/C26H32N4O2/c1-4-14-30-25(31)23(20-8-6-19(3)7-9-20)24(26(30)32)27-21-10-12-22(13-11-21)29-17-15-28(5-2)16-18-29/h6-13,27H,4-5,14-18H2,1-3H3. The molecule has 0 unspecified atom stereocenters. The number of likely N-dealkylation sites (N-methyl/N-ethyl adjacent to an activating group) is 1. The number of piperazine rings is 1. The fourth-order valence-electron chi connectivity index (χ4n) is 4.33. The van der Waals surface area contributed by atoms with Crippen LogP contribution in [-0.2, 0) is 9.59 Å². The Morgan fingerprint density at radius 2 is 1.50 bits per heavy atom. The summed E-state index contributed by atoms with van der Waals surface area (Å²) in [4.78, 5) is 32.4. The minimum absolute atomic E-state index is 0.228. The number of rotatable bonds is 7. The van der Waals surface area contributed by atoms with Crippen LogP contribution in [0.3, 0.4) is 0 Å². The Kier molecular flexibility index (Phi) is 6.61. The Bertz CT molecular complexity index is 1000. The minimum Gasteiger partial charge on any atom is -0.369 e. The lowest BCUT2D eigenvalue weighted by Gasteiger charge is -2.35. The van der Waals surface area contributed by atoms with Crippen LogP contribution in [0.1, 0.15) is 31.4 Å². The molecule has 1 saturated heterocycles. The van der Waals surface area contributed by atoms with E-state index >= 15 is 0 Å². The summed E-state index contributed by atoms with van der Waals surface area (Å²) in [6.07, 6.45) is 0.728. The lowest BCUT2D eigenvalue weighted by Crippen LogP contribution is -2.46. The van der Waals surface area contributed by atoms with E-state index in [0.717, 1.165) is 56.0 Å². The van der Waals surface area contributed by atoms with Crippen molar-refractivity contribution in [1.29, 1.82) is 0 Å². The third-order valence-corrected chi connectivity index (χ3v) is 6.28. The highest BCUT2D eigenvalue weighted by atomic mass is 16.2. The predicted octanol–water partition coefficient (Wildman–Crippen LogP) is 3.74. The van der Waals surface area contributed by atoms with E-state index < -0.39 is 0 Å². The topological polar surface area (TPSA) is 55.9 Å². The van der Waals surface area contributed by atoms with Crippen molar-refractivity contribution >= 4 is 28.8 Å². The number of nitrogens with zero attached hydrogens (tertiary/aromatic N) is 3. The van der Waals surface area contributed by atoms with Crippen LogP contribution in [0.2, 0.25) is 0 Å². The Morgan fingerprint density at radius 3 is 2.09 bits per heavy atom. The summed E-state index contributed by atoms with van der Waals surface area (Å²) in [5, 5.41) is 3.26. The number of benzene rings is 2. The van der Waals surface area contributed by atoms with Crippen molar-refractivity contribution in [3.05, 3.63) is 65.4 Å². The molecule has 0 aromatic heterocycles. The first-order chi connectivity index (χ1) is 15.5. The zero-order chi connectivity index (χ0) is 22.7. The highest BCUT2D eigenvalue weighted by Gasteiger charge is 2.38. The van der Waals surface area contributed by atoms with Gasteiger partial charge in [0, 0.05) is 44.1 Å². The molecule has 0 bridgehead atoms. The van der Waals surface area contributed by atoms with Crippen LogP contribution in [0.5, 0.6) is 0 Å². The molecule has 2 aromatic rings. The molecular formula is C26H32N4O2. The van der Waals surface area contributed by atoms with Gasteiger partial charge in [0.2, 0.25) is 0 Å². The fraction of sp³-hybridized carbons (Fsp3) is 0.385. The van der Waals surface area contributed by atoms with Crippen molar-refractivity contribution in [2.45, 2.75) is 27.2 Å². The molecule has 1 fully saturated rings. The van der Waals surface area contributed by atoms with Crippen molar-refractivity contribution in [3.8, 4) is 0 Å². The summed E-state index contributed by atoms with van der Waals surface area (Å²) in [5.41, 5.74) is 4.67. The summed E-state index contributed by atoms with van der Waals surface area (Å²) in [5.74, 6) is -0.485. The maximum absolute atomic E-state index is 13.1. The number of amides is 2. The summed E-state index contributed by atoms with van der Waals surface area (Å²) < 4.78 is 0. The van der Waals surface area contributed by atoms with Crippen LogP contribution in [-0.4, -0.2) is 60.9 Å². The number of carbonyl (C=O) groups is 2. The first kappa shape index (κ1) is 22.1. The van der Waals surface area contributed by atoms with Crippen LogP contribution in [0.15, 0.2) is 54.2 Å². The number of carbonyl (C=O) groups excluding carboxylic acids is 2. The molecule has 0 atom stereocenters. The number of imide groups is 1. The average molecular weight is 433 g/mol. The molecule has 0 spiro atoms. The molecule has 2 amide bonds. The SMILES string of the molecule is CCCN1C(=O)C(Nc2ccc(N3CCN(CC)CC3)cc2)=C(c2ccc(C)cc2)C1=O. The molecule has 6 nitrogen and oxygen atoms in total. The maximum atomic E-state index is 13.1. The quantitative estimate of drug-likeness (QED) is 0.676. The molecule has 0 aliphatic carbocycles. The second-order valence-electron chi connectivity index (χ2n) is 8.47. The molecule has 6 heteroatoms. The van der Waals surface area contributed by atoms with Gasteiger partial charge in [-0.2, -0.15) is 0 Å². The van der Waals surface area contributed by atoms with Gasteiger partial charge in [0.05, 0.1) is 5.57 Å². The third-order valence-electron chi connectivity index (χ3n) is 6.28. The zero-order valence-corrected chi connectivity index (χ0v) is 19.2. The first-order valence-electron chi connectivity index (χ1n) is 11.5. The number of nitrogens with one attached hydrogen (secondary N) is 1. The Morgan fingerprint density at radius 1 is 0.844 bits per heavy atom. The van der Waals surface area contributed by atoms with Crippen molar-refractivity contribution in [1.82, 2.24) is 9.80 Å². The van der Waals surface area contributed by atoms with Crippen molar-refractivity contribution in [2.75, 3.05) is 49.5 Å². The molecule has 1 N–H and O–H groups in total. The van der Waals surface area contributed by atoms with Crippen LogP contribution in [0.25, 0.3) is 5.57 Å². The molecule has 4 rings (SSSR count). The lowest BCUT2D eigenvalue weighted by molar-refractivity contribution is -0.136. The molecule has 2 aliphatic heterocycles. The molecular weight excluding hydrogens is 400 g/mol. The zero-order valence-electron chi connectivity index (χ0n) is 19.2. The number of anilines is 2. The number of hydrogen-bond acceptors (Lipinski definition) is 5. The normalized spacial score (nSPS) is 17.5. The van der Waals surface area contributed by atoms with Gasteiger partial charge in [0.15, 0.2) is 0 Å². The van der Waals surface area contributed by atoms with Gasteiger partial charge in [0.25, 0.3) is 11.8 Å². The maximum Gasteiger partial charge on any atom is 0.278 e. The van der Waals surface area contributed by atoms with Gasteiger partial charge >= 0.3 is 0 Å². The van der Waals surface area contributed by atoms with Gasteiger partial charge < -0.3 is 15.1 Å². The molecule has 0 radical (unpaired) electrons. The number of hydrogen-bond donors (Lipinski definition) is 1. The van der Waals surface area contributed by atoms with E-state index in [0.29, 0.717) is 17.8 Å². The van der Waals surface area contributed by atoms with Crippen molar-refractivity contribution < 1.29 is 9.59 Å². The fourth-order valence-corrected chi connectivity index (χ4v) is 4.33. The molecule has 2 aliphatic rings. The minimum atomic E-state index is -0.257. The van der Waals surface area contributed by atoms with Crippen LogP contribution in [0.4, 0.5) is 11.4 Å².